The molecule has 2 atom stereocenters. The van der Waals surface area contributed by atoms with Crippen LogP contribution in [0.15, 0.2) is 36.4 Å². The summed E-state index contributed by atoms with van der Waals surface area (Å²) < 4.78 is 16.7. The molecule has 1 fully saturated rings. The molecular weight excluding hydrogens is 330 g/mol. The molecule has 2 aromatic rings. The first kappa shape index (κ1) is 16.9. The molecule has 1 aromatic carbocycles. The maximum Gasteiger partial charge on any atom is 0.169 e. The number of pyridine rings is 1. The highest BCUT2D eigenvalue weighted by atomic mass is 16.5. The zero-order valence-electron chi connectivity index (χ0n) is 15.2. The molecule has 1 aliphatic heterocycles. The van der Waals surface area contributed by atoms with E-state index < -0.39 is 0 Å². The fraction of sp³-hybridized carbons (Fsp3) is 0.429. The number of carbonyl (C=O) groups excluding carboxylic acids is 1. The molecule has 2 unspecified atom stereocenters. The summed E-state index contributed by atoms with van der Waals surface area (Å²) in [7, 11) is 3.24. The van der Waals surface area contributed by atoms with E-state index in [0.717, 1.165) is 47.6 Å². The van der Waals surface area contributed by atoms with Gasteiger partial charge in [0.1, 0.15) is 6.10 Å². The molecule has 4 rings (SSSR count). The number of fused-ring (bicyclic) bond motifs is 2. The van der Waals surface area contributed by atoms with E-state index in [9.17, 15) is 4.79 Å². The predicted molar refractivity (Wildman–Crippen MR) is 98.5 cm³/mol. The summed E-state index contributed by atoms with van der Waals surface area (Å²) in [5, 5.41) is 1.97. The van der Waals surface area contributed by atoms with Crippen LogP contribution in [0.4, 0.5) is 0 Å². The molecule has 0 bridgehead atoms. The Morgan fingerprint density at radius 3 is 2.69 bits per heavy atom. The van der Waals surface area contributed by atoms with Crippen molar-refractivity contribution < 1.29 is 19.0 Å². The molecule has 0 radical (unpaired) electrons. The highest BCUT2D eigenvalue weighted by Crippen LogP contribution is 2.36. The van der Waals surface area contributed by atoms with E-state index >= 15 is 0 Å². The fourth-order valence-corrected chi connectivity index (χ4v) is 4.06. The summed E-state index contributed by atoms with van der Waals surface area (Å²) >= 11 is 0. The Labute approximate surface area is 153 Å². The van der Waals surface area contributed by atoms with Crippen molar-refractivity contribution in [3.8, 4) is 11.5 Å². The van der Waals surface area contributed by atoms with Crippen LogP contribution in [0.3, 0.4) is 0 Å². The molecular formula is C21H23NO4. The number of ether oxygens (including phenoxy) is 3. The van der Waals surface area contributed by atoms with Crippen LogP contribution in [0.1, 0.15) is 31.2 Å². The predicted octanol–water partition coefficient (Wildman–Crippen LogP) is 3.84. The zero-order valence-corrected chi connectivity index (χ0v) is 15.2. The summed E-state index contributed by atoms with van der Waals surface area (Å²) in [5.41, 5.74) is 1.72. The van der Waals surface area contributed by atoms with Gasteiger partial charge in [-0.15, -0.1) is 0 Å². The SMILES string of the molecule is COc1cc2cncc(CC3=COC4CCCCC4C3=O)c2cc1OC. The number of hydrogen-bond donors (Lipinski definition) is 0. The topological polar surface area (TPSA) is 57.7 Å². The van der Waals surface area contributed by atoms with Gasteiger partial charge in [0, 0.05) is 29.8 Å². The van der Waals surface area contributed by atoms with Gasteiger partial charge in [0.05, 0.1) is 26.4 Å². The van der Waals surface area contributed by atoms with Crippen molar-refractivity contribution in [3.63, 3.8) is 0 Å². The average Bonchev–Trinajstić information content (AvgIpc) is 2.69. The summed E-state index contributed by atoms with van der Waals surface area (Å²) in [5.74, 6) is 1.58. The van der Waals surface area contributed by atoms with Gasteiger partial charge in [0.2, 0.25) is 0 Å². The molecule has 1 aromatic heterocycles. The smallest absolute Gasteiger partial charge is 0.169 e. The lowest BCUT2D eigenvalue weighted by Gasteiger charge is -2.34. The Morgan fingerprint density at radius 1 is 1.12 bits per heavy atom. The molecule has 2 heterocycles. The summed E-state index contributed by atoms with van der Waals surface area (Å²) in [4.78, 5) is 17.3. The molecule has 26 heavy (non-hydrogen) atoms. The first-order chi connectivity index (χ1) is 12.7. The van der Waals surface area contributed by atoms with Crippen molar-refractivity contribution in [2.24, 2.45) is 5.92 Å². The fourth-order valence-electron chi connectivity index (χ4n) is 4.06. The van der Waals surface area contributed by atoms with Crippen LogP contribution < -0.4 is 9.47 Å². The van der Waals surface area contributed by atoms with Crippen LogP contribution in [0.5, 0.6) is 11.5 Å². The van der Waals surface area contributed by atoms with Crippen LogP contribution in [-0.2, 0) is 16.0 Å². The van der Waals surface area contributed by atoms with Crippen molar-refractivity contribution >= 4 is 16.6 Å². The Hall–Kier alpha value is -2.56. The van der Waals surface area contributed by atoms with E-state index in [1.54, 1.807) is 26.7 Å². The maximum atomic E-state index is 12.9. The van der Waals surface area contributed by atoms with E-state index in [-0.39, 0.29) is 17.8 Å². The number of rotatable bonds is 4. The highest BCUT2D eigenvalue weighted by Gasteiger charge is 2.36. The second-order valence-electron chi connectivity index (χ2n) is 6.98. The Balaban J connectivity index is 1.69. The lowest BCUT2D eigenvalue weighted by Crippen LogP contribution is -2.37. The number of methoxy groups -OCH3 is 2. The van der Waals surface area contributed by atoms with Crippen LogP contribution in [0.2, 0.25) is 0 Å². The van der Waals surface area contributed by atoms with E-state index in [2.05, 4.69) is 4.98 Å². The molecule has 136 valence electrons. The second kappa shape index (κ2) is 6.98. The van der Waals surface area contributed by atoms with Gasteiger partial charge in [-0.05, 0) is 42.3 Å². The quantitative estimate of drug-likeness (QED) is 0.836. The minimum Gasteiger partial charge on any atom is -0.497 e. The van der Waals surface area contributed by atoms with Crippen LogP contribution in [0, 0.1) is 5.92 Å². The Bertz CT molecular complexity index is 874. The van der Waals surface area contributed by atoms with Gasteiger partial charge in [-0.3, -0.25) is 9.78 Å². The monoisotopic (exact) mass is 353 g/mol. The van der Waals surface area contributed by atoms with Gasteiger partial charge in [0.15, 0.2) is 17.3 Å². The van der Waals surface area contributed by atoms with Crippen molar-refractivity contribution in [1.29, 1.82) is 0 Å². The van der Waals surface area contributed by atoms with E-state index in [4.69, 9.17) is 14.2 Å². The third-order valence-electron chi connectivity index (χ3n) is 5.47. The van der Waals surface area contributed by atoms with Crippen molar-refractivity contribution in [2.45, 2.75) is 38.2 Å². The van der Waals surface area contributed by atoms with E-state index in [0.29, 0.717) is 17.9 Å². The molecule has 5 nitrogen and oxygen atoms in total. The van der Waals surface area contributed by atoms with Gasteiger partial charge >= 0.3 is 0 Å². The third-order valence-corrected chi connectivity index (χ3v) is 5.47. The van der Waals surface area contributed by atoms with Gasteiger partial charge < -0.3 is 14.2 Å². The highest BCUT2D eigenvalue weighted by molar-refractivity contribution is 5.99. The average molecular weight is 353 g/mol. The molecule has 1 aliphatic carbocycles. The number of allylic oxidation sites excluding steroid dienone is 1. The lowest BCUT2D eigenvalue weighted by atomic mass is 9.79. The summed E-state index contributed by atoms with van der Waals surface area (Å²) in [6, 6.07) is 3.86. The number of carbonyl (C=O) groups is 1. The minimum absolute atomic E-state index is 0.0151. The minimum atomic E-state index is 0.0151. The molecule has 2 aliphatic rings. The largest absolute Gasteiger partial charge is 0.497 e. The van der Waals surface area contributed by atoms with Crippen LogP contribution in [-0.4, -0.2) is 31.1 Å². The molecule has 0 amide bonds. The molecule has 5 heteroatoms. The standard InChI is InChI=1S/C21H23NO4/c1-24-19-8-14-11-22-10-13(17(14)9-20(19)25-2)7-15-12-26-18-6-4-3-5-16(18)21(15)23/h8-12,16,18H,3-7H2,1-2H3. The normalized spacial score (nSPS) is 22.4. The number of Topliss-reactive ketones (excluding diaryl/α,β-unsaturated/α-hetero) is 1. The number of ketones is 1. The number of benzene rings is 1. The van der Waals surface area contributed by atoms with Crippen molar-refractivity contribution in [1.82, 2.24) is 4.98 Å². The molecule has 1 saturated carbocycles. The zero-order chi connectivity index (χ0) is 18.1. The number of nitrogens with zero attached hydrogens (tertiary/aromatic N) is 1. The number of hydrogen-bond acceptors (Lipinski definition) is 5. The molecule has 0 saturated heterocycles. The second-order valence-corrected chi connectivity index (χ2v) is 6.98. The first-order valence-corrected chi connectivity index (χ1v) is 9.08. The first-order valence-electron chi connectivity index (χ1n) is 9.08. The third kappa shape index (κ3) is 2.91. The van der Waals surface area contributed by atoms with E-state index in [1.807, 2.05) is 18.3 Å². The molecule has 0 spiro atoms. The Kier molecular flexibility index (Phi) is 4.53. The maximum absolute atomic E-state index is 12.9. The van der Waals surface area contributed by atoms with Crippen molar-refractivity contribution in [2.75, 3.05) is 14.2 Å². The Morgan fingerprint density at radius 2 is 1.88 bits per heavy atom. The van der Waals surface area contributed by atoms with Gasteiger partial charge in [-0.25, -0.2) is 0 Å². The lowest BCUT2D eigenvalue weighted by molar-refractivity contribution is -0.127. The summed E-state index contributed by atoms with van der Waals surface area (Å²) in [6.45, 7) is 0. The van der Waals surface area contributed by atoms with Crippen LogP contribution >= 0.6 is 0 Å². The summed E-state index contributed by atoms with van der Waals surface area (Å²) in [6.07, 6.45) is 10.0. The number of aromatic nitrogens is 1. The van der Waals surface area contributed by atoms with Crippen LogP contribution in [0.25, 0.3) is 10.8 Å². The van der Waals surface area contributed by atoms with E-state index in [1.165, 1.54) is 0 Å². The van der Waals surface area contributed by atoms with Gasteiger partial charge in [-0.2, -0.15) is 0 Å². The van der Waals surface area contributed by atoms with Crippen molar-refractivity contribution in [3.05, 3.63) is 41.9 Å². The van der Waals surface area contributed by atoms with Gasteiger partial charge in [-0.1, -0.05) is 6.42 Å². The molecule has 0 N–H and O–H groups in total. The van der Waals surface area contributed by atoms with Gasteiger partial charge in [0.25, 0.3) is 0 Å².